The van der Waals surface area contributed by atoms with Gasteiger partial charge in [-0.05, 0) is 103 Å². The molecule has 5 aliphatic carbocycles. The summed E-state index contributed by atoms with van der Waals surface area (Å²) >= 11 is 0. The van der Waals surface area contributed by atoms with Crippen molar-refractivity contribution in [2.24, 2.45) is 50.2 Å². The summed E-state index contributed by atoms with van der Waals surface area (Å²) in [5.74, 6) is -0.612. The minimum absolute atomic E-state index is 0.00597. The van der Waals surface area contributed by atoms with Crippen molar-refractivity contribution in [2.75, 3.05) is 7.11 Å². The molecule has 1 heterocycles. The van der Waals surface area contributed by atoms with Crippen molar-refractivity contribution in [3.63, 3.8) is 0 Å². The van der Waals surface area contributed by atoms with Gasteiger partial charge in [0.05, 0.1) is 13.7 Å². The van der Waals surface area contributed by atoms with Gasteiger partial charge in [0.1, 0.15) is 11.4 Å². The number of hydrogen-bond donors (Lipinski definition) is 2. The number of aromatic nitrogens is 1. The van der Waals surface area contributed by atoms with Gasteiger partial charge in [0.15, 0.2) is 11.5 Å². The van der Waals surface area contributed by atoms with E-state index in [0.29, 0.717) is 30.0 Å². The number of benzene rings is 1. The molecular formula is C41H55N2O6. The van der Waals surface area contributed by atoms with Gasteiger partial charge in [-0.25, -0.2) is 0 Å². The van der Waals surface area contributed by atoms with Crippen LogP contribution in [0.2, 0.25) is 0 Å². The minimum atomic E-state index is -1.99. The second kappa shape index (κ2) is 11.0. The predicted molar refractivity (Wildman–Crippen MR) is 185 cm³/mol. The highest BCUT2D eigenvalue weighted by Crippen LogP contribution is 2.75. The van der Waals surface area contributed by atoms with Crippen LogP contribution in [0.1, 0.15) is 112 Å². The quantitative estimate of drug-likeness (QED) is 0.310. The summed E-state index contributed by atoms with van der Waals surface area (Å²) in [6.45, 7) is 15.5. The van der Waals surface area contributed by atoms with Crippen molar-refractivity contribution in [1.29, 1.82) is 0 Å². The number of aliphatic hydroxyl groups is 1. The molecule has 2 N–H and O–H groups in total. The second-order valence-electron chi connectivity index (χ2n) is 18.3. The monoisotopic (exact) mass is 671 g/mol. The molecule has 0 spiro atoms. The first kappa shape index (κ1) is 34.5. The summed E-state index contributed by atoms with van der Waals surface area (Å²) in [4.78, 5) is 28.7. The fourth-order valence-electron chi connectivity index (χ4n) is 12.1. The fourth-order valence-corrected chi connectivity index (χ4v) is 12.1. The molecule has 2 aromatic rings. The third-order valence-electron chi connectivity index (χ3n) is 15.6. The van der Waals surface area contributed by atoms with Crippen LogP contribution < -0.4 is 10.1 Å². The number of nitrogens with one attached hydrogen (secondary N) is 1. The summed E-state index contributed by atoms with van der Waals surface area (Å²) in [6, 6.07) is 9.49. The molecule has 4 fully saturated rings. The van der Waals surface area contributed by atoms with Gasteiger partial charge < -0.3 is 19.7 Å². The van der Waals surface area contributed by atoms with E-state index in [1.807, 2.05) is 50.3 Å². The Bertz CT molecular complexity index is 1710. The van der Waals surface area contributed by atoms with E-state index >= 15 is 0 Å². The highest BCUT2D eigenvalue weighted by Gasteiger charge is 2.72. The van der Waals surface area contributed by atoms with E-state index in [1.165, 1.54) is 5.57 Å². The van der Waals surface area contributed by atoms with Crippen LogP contribution in [0.25, 0.3) is 11.3 Å². The number of ether oxygens (including phenoxy) is 1. The number of carbonyl (C=O) groups is 2. The second-order valence-corrected chi connectivity index (χ2v) is 18.3. The fraction of sp³-hybridized carbons (Fsp3) is 0.683. The third kappa shape index (κ3) is 4.78. The number of nitrogens with zero attached hydrogens (tertiary/aromatic N) is 1. The van der Waals surface area contributed by atoms with Gasteiger partial charge in [-0.15, -0.1) is 0 Å². The molecule has 49 heavy (non-hydrogen) atoms. The zero-order valence-electron chi connectivity index (χ0n) is 30.7. The Morgan fingerprint density at radius 2 is 1.71 bits per heavy atom. The number of allylic oxidation sites excluding steroid dienone is 2. The van der Waals surface area contributed by atoms with Crippen molar-refractivity contribution in [2.45, 2.75) is 119 Å². The van der Waals surface area contributed by atoms with Gasteiger partial charge in [-0.1, -0.05) is 71.3 Å². The van der Waals surface area contributed by atoms with E-state index in [9.17, 15) is 19.8 Å². The average molecular weight is 672 g/mol. The normalized spacial score (nSPS) is 40.6. The SMILES string of the molecule is COc1ccccc1-c1cc(CNC(=O)[C@@]2(C)CC[C@]3(C)CC[C@]4(C)C(=CC(=O)C5[C@@]6(C)CC[C@@]([O])(O)C(C)(C)C6CC[C@]54C)[C@H]3C2)on1. The minimum Gasteiger partial charge on any atom is -0.496 e. The number of fused-ring (bicyclic) bond motifs is 7. The molecule has 1 amide bonds. The Kier molecular flexibility index (Phi) is 7.75. The van der Waals surface area contributed by atoms with Crippen LogP contribution in [0.4, 0.5) is 0 Å². The van der Waals surface area contributed by atoms with E-state index in [-0.39, 0.29) is 64.1 Å². The number of ketones is 1. The topological polar surface area (TPSA) is 122 Å². The Hall–Kier alpha value is -2.97. The Morgan fingerprint density at radius 1 is 1.00 bits per heavy atom. The molecule has 2 unspecified atom stereocenters. The van der Waals surface area contributed by atoms with E-state index in [2.05, 4.69) is 45.1 Å². The highest BCUT2D eigenvalue weighted by molar-refractivity contribution is 5.95. The predicted octanol–water partition coefficient (Wildman–Crippen LogP) is 8.07. The maximum atomic E-state index is 14.6. The number of carbonyl (C=O) groups excluding carboxylic acids is 2. The van der Waals surface area contributed by atoms with Crippen molar-refractivity contribution >= 4 is 11.7 Å². The van der Waals surface area contributed by atoms with Gasteiger partial charge in [0.25, 0.3) is 0 Å². The van der Waals surface area contributed by atoms with Gasteiger partial charge in [-0.3, -0.25) is 9.59 Å². The zero-order valence-corrected chi connectivity index (χ0v) is 30.7. The number of methoxy groups -OCH3 is 1. The Labute approximate surface area is 291 Å². The third-order valence-corrected chi connectivity index (χ3v) is 15.6. The number of rotatable bonds is 5. The van der Waals surface area contributed by atoms with E-state index in [4.69, 9.17) is 9.26 Å². The maximum absolute atomic E-state index is 14.6. The number of amides is 1. The molecule has 1 radical (unpaired) electrons. The van der Waals surface area contributed by atoms with Crippen LogP contribution in [-0.2, 0) is 21.2 Å². The summed E-state index contributed by atoms with van der Waals surface area (Å²) in [7, 11) is 1.63. The van der Waals surface area contributed by atoms with E-state index < -0.39 is 16.6 Å². The zero-order chi connectivity index (χ0) is 35.4. The summed E-state index contributed by atoms with van der Waals surface area (Å²) in [5.41, 5.74) is 0.532. The molecule has 1 aromatic heterocycles. The van der Waals surface area contributed by atoms with Crippen molar-refractivity contribution in [3.05, 3.63) is 47.7 Å². The lowest BCUT2D eigenvalue weighted by Gasteiger charge is -2.70. The first-order valence-electron chi connectivity index (χ1n) is 18.4. The Balaban J connectivity index is 1.14. The molecule has 4 saturated carbocycles. The molecule has 8 nitrogen and oxygen atoms in total. The van der Waals surface area contributed by atoms with Crippen molar-refractivity contribution in [3.8, 4) is 17.0 Å². The first-order chi connectivity index (χ1) is 22.9. The molecule has 265 valence electrons. The summed E-state index contributed by atoms with van der Waals surface area (Å²) in [5, 5.41) is 31.7. The Morgan fingerprint density at radius 3 is 2.45 bits per heavy atom. The largest absolute Gasteiger partial charge is 0.496 e. The van der Waals surface area contributed by atoms with Gasteiger partial charge in [0, 0.05) is 34.8 Å². The maximum Gasteiger partial charge on any atom is 0.226 e. The summed E-state index contributed by atoms with van der Waals surface area (Å²) < 4.78 is 11.1. The van der Waals surface area contributed by atoms with Crippen LogP contribution in [-0.4, -0.2) is 34.9 Å². The van der Waals surface area contributed by atoms with E-state index in [1.54, 1.807) is 7.11 Å². The van der Waals surface area contributed by atoms with Gasteiger partial charge in [-0.2, -0.15) is 5.11 Å². The van der Waals surface area contributed by atoms with Crippen molar-refractivity contribution in [1.82, 2.24) is 10.5 Å². The number of para-hydroxylation sites is 1. The lowest BCUT2D eigenvalue weighted by Crippen LogP contribution is -2.68. The first-order valence-corrected chi connectivity index (χ1v) is 18.4. The molecule has 0 aliphatic heterocycles. The molecule has 0 saturated heterocycles. The average Bonchev–Trinajstić information content (AvgIpc) is 3.53. The lowest BCUT2D eigenvalue weighted by molar-refractivity contribution is -0.333. The molecule has 9 atom stereocenters. The standard InChI is InChI=1S/C41H55N2O6/c1-35(2)32-13-14-40(7)33(38(32,5)18-20-41(35,46)47)30(44)22-27-28-23-37(4,16-15-36(28,3)17-19-39(27,40)6)34(45)42-24-25-21-29(43-49-25)26-11-9-10-12-31(26)48-8/h9-12,21-22,28,32-33,46H,13-20,23-24H2,1-8H3,(H,42,45)/t28-,32?,33?,36-,37+,38+,39-,40-,41+/m1/s1. The van der Waals surface area contributed by atoms with Crippen LogP contribution in [0.15, 0.2) is 46.5 Å². The molecule has 8 heteroatoms. The van der Waals surface area contributed by atoms with Gasteiger partial charge >= 0.3 is 0 Å². The molecular weight excluding hydrogens is 616 g/mol. The van der Waals surface area contributed by atoms with Gasteiger partial charge in [0.2, 0.25) is 11.7 Å². The highest BCUT2D eigenvalue weighted by atomic mass is 16.5. The molecule has 7 rings (SSSR count). The molecule has 5 aliphatic rings. The number of hydrogen-bond acceptors (Lipinski definition) is 6. The van der Waals surface area contributed by atoms with Crippen molar-refractivity contribution < 1.29 is 29.1 Å². The smallest absolute Gasteiger partial charge is 0.226 e. The van der Waals surface area contributed by atoms with Crippen LogP contribution >= 0.6 is 0 Å². The van der Waals surface area contributed by atoms with Crippen LogP contribution in [0.5, 0.6) is 5.75 Å². The summed E-state index contributed by atoms with van der Waals surface area (Å²) in [6.07, 6.45) is 8.93. The molecule has 0 bridgehead atoms. The lowest BCUT2D eigenvalue weighted by atomic mass is 9.33. The van der Waals surface area contributed by atoms with Crippen LogP contribution in [0, 0.1) is 50.2 Å². The van der Waals surface area contributed by atoms with Crippen LogP contribution in [0.3, 0.4) is 0 Å². The van der Waals surface area contributed by atoms with E-state index in [0.717, 1.165) is 44.1 Å². The molecule has 1 aromatic carbocycles.